The van der Waals surface area contributed by atoms with Crippen LogP contribution in [0.5, 0.6) is 0 Å². The number of amides is 1. The molecule has 452 valence electrons. The van der Waals surface area contributed by atoms with E-state index in [9.17, 15) is 35.1 Å². The molecule has 11 heteroatoms. The molecule has 1 aliphatic rings. The summed E-state index contributed by atoms with van der Waals surface area (Å²) in [6.07, 6.45) is 64.1. The van der Waals surface area contributed by atoms with Crippen molar-refractivity contribution in [3.8, 4) is 0 Å². The maximum absolute atomic E-state index is 13.4. The third-order valence-electron chi connectivity index (χ3n) is 14.3. The summed E-state index contributed by atoms with van der Waals surface area (Å²) >= 11 is 0. The van der Waals surface area contributed by atoms with E-state index in [0.717, 1.165) is 89.9 Å². The minimum Gasteiger partial charge on any atom is -0.454 e. The first-order valence-corrected chi connectivity index (χ1v) is 31.7. The molecule has 8 unspecified atom stereocenters. The standard InChI is InChI=1S/C68H115NO10/c1-4-7-10-13-16-19-22-25-27-28-29-30-31-32-33-34-35-38-41-44-47-50-53-56-63(73)79-66-65(75)64(74)62(57-70)78-68(66)77-58-59(60(71)54-51-48-45-42-39-36-24-21-18-15-12-9-6-3)69-67(76)61(72)55-52-49-46-43-40-37-26-23-20-17-14-11-8-5-2/h8,11,14,16-17,19-20,23,25-27,29-30,37,40,43,51,54,59-62,64-66,68,70-72,74-75H,4-7,9-10,12-13,15,18,21-22,24,28,31-36,38-39,41-42,44-50,52-53,55-58H2,1-3H3,(H,69,76)/b11-8+,17-14+,19-16-,23-20-,27-25-,30-29-,37-26-,43-40+,54-51+. The van der Waals surface area contributed by atoms with Crippen LogP contribution in [0, 0.1) is 0 Å². The van der Waals surface area contributed by atoms with E-state index in [-0.39, 0.29) is 19.4 Å². The molecule has 1 aliphatic heterocycles. The molecule has 0 radical (unpaired) electrons. The van der Waals surface area contributed by atoms with Gasteiger partial charge in [0.1, 0.15) is 24.4 Å². The van der Waals surface area contributed by atoms with Crippen LogP contribution in [0.2, 0.25) is 0 Å². The van der Waals surface area contributed by atoms with Gasteiger partial charge in [-0.1, -0.05) is 265 Å². The van der Waals surface area contributed by atoms with Gasteiger partial charge in [0.05, 0.1) is 25.4 Å². The molecule has 0 saturated carbocycles. The van der Waals surface area contributed by atoms with Gasteiger partial charge < -0.3 is 45.1 Å². The first-order valence-electron chi connectivity index (χ1n) is 31.7. The third-order valence-corrected chi connectivity index (χ3v) is 14.3. The van der Waals surface area contributed by atoms with Crippen LogP contribution in [-0.2, 0) is 23.8 Å². The number of ether oxygens (including phenoxy) is 3. The van der Waals surface area contributed by atoms with Crippen LogP contribution in [0.15, 0.2) is 109 Å². The third kappa shape index (κ3) is 42.8. The molecule has 0 bridgehead atoms. The number of unbranched alkanes of at least 4 members (excludes halogenated alkanes) is 26. The van der Waals surface area contributed by atoms with Crippen molar-refractivity contribution in [1.82, 2.24) is 5.32 Å². The highest BCUT2D eigenvalue weighted by Gasteiger charge is 2.47. The van der Waals surface area contributed by atoms with Crippen LogP contribution < -0.4 is 5.32 Å². The summed E-state index contributed by atoms with van der Waals surface area (Å²) in [5, 5.41) is 57.0. The molecule has 79 heavy (non-hydrogen) atoms. The fourth-order valence-corrected chi connectivity index (χ4v) is 9.27. The Morgan fingerprint density at radius 1 is 0.519 bits per heavy atom. The fourth-order valence-electron chi connectivity index (χ4n) is 9.27. The molecule has 8 atom stereocenters. The fraction of sp³-hybridized carbons (Fsp3) is 0.706. The van der Waals surface area contributed by atoms with Gasteiger partial charge >= 0.3 is 5.97 Å². The molecule has 0 aromatic carbocycles. The molecule has 11 nitrogen and oxygen atoms in total. The summed E-state index contributed by atoms with van der Waals surface area (Å²) in [7, 11) is 0. The summed E-state index contributed by atoms with van der Waals surface area (Å²) in [4.78, 5) is 26.5. The number of esters is 1. The first-order chi connectivity index (χ1) is 38.7. The minimum absolute atomic E-state index is 0.108. The van der Waals surface area contributed by atoms with Crippen LogP contribution in [0.3, 0.4) is 0 Å². The van der Waals surface area contributed by atoms with Crippen molar-refractivity contribution in [2.75, 3.05) is 13.2 Å². The van der Waals surface area contributed by atoms with Gasteiger partial charge in [0, 0.05) is 6.42 Å². The maximum Gasteiger partial charge on any atom is 0.306 e. The zero-order valence-electron chi connectivity index (χ0n) is 50.0. The summed E-state index contributed by atoms with van der Waals surface area (Å²) in [5.41, 5.74) is 0. The van der Waals surface area contributed by atoms with Crippen LogP contribution in [-0.4, -0.2) is 99.6 Å². The van der Waals surface area contributed by atoms with Gasteiger partial charge in [-0.3, -0.25) is 9.59 Å². The van der Waals surface area contributed by atoms with Crippen molar-refractivity contribution >= 4 is 11.9 Å². The van der Waals surface area contributed by atoms with Crippen LogP contribution in [0.4, 0.5) is 0 Å². The second-order valence-corrected chi connectivity index (χ2v) is 21.5. The number of carbonyl (C=O) groups excluding carboxylic acids is 2. The molecule has 0 spiro atoms. The van der Waals surface area contributed by atoms with E-state index in [4.69, 9.17) is 14.2 Å². The Hall–Kier alpha value is -3.68. The summed E-state index contributed by atoms with van der Waals surface area (Å²) in [6.45, 7) is 5.58. The largest absolute Gasteiger partial charge is 0.454 e. The van der Waals surface area contributed by atoms with Crippen molar-refractivity contribution in [2.45, 2.75) is 294 Å². The van der Waals surface area contributed by atoms with E-state index in [1.807, 2.05) is 60.8 Å². The zero-order chi connectivity index (χ0) is 57.5. The average Bonchev–Trinajstić information content (AvgIpc) is 3.49. The van der Waals surface area contributed by atoms with Gasteiger partial charge in [0.15, 0.2) is 12.4 Å². The normalized spacial score (nSPS) is 19.6. The second kappa shape index (κ2) is 54.9. The van der Waals surface area contributed by atoms with Crippen molar-refractivity contribution in [3.63, 3.8) is 0 Å². The molecule has 1 saturated heterocycles. The van der Waals surface area contributed by atoms with Crippen LogP contribution in [0.1, 0.15) is 245 Å². The van der Waals surface area contributed by atoms with E-state index < -0.39 is 67.4 Å². The number of aliphatic hydroxyl groups excluding tert-OH is 5. The Labute approximate surface area is 481 Å². The van der Waals surface area contributed by atoms with E-state index >= 15 is 0 Å². The van der Waals surface area contributed by atoms with E-state index in [1.165, 1.54) is 109 Å². The molecule has 1 fully saturated rings. The van der Waals surface area contributed by atoms with Gasteiger partial charge in [-0.25, -0.2) is 0 Å². The minimum atomic E-state index is -1.63. The van der Waals surface area contributed by atoms with Gasteiger partial charge in [-0.05, 0) is 83.5 Å². The molecule has 0 aromatic heterocycles. The number of nitrogens with one attached hydrogen (secondary N) is 1. The molecule has 0 aliphatic carbocycles. The van der Waals surface area contributed by atoms with E-state index in [0.29, 0.717) is 12.8 Å². The number of hydrogen-bond acceptors (Lipinski definition) is 10. The SMILES string of the molecule is CC/C=C/C=C/C=C\C=C/C=C/CCCCC(O)C(=O)NC(COC1OC(CO)C(O)C(O)C1OC(=O)CCCCCCCCCCCC/C=C\C/C=C\C/C=C\CCCCC)C(O)/C=C/CCCCCCCCCCCCC. The van der Waals surface area contributed by atoms with Gasteiger partial charge in [0.25, 0.3) is 0 Å². The van der Waals surface area contributed by atoms with Crippen molar-refractivity contribution in [2.24, 2.45) is 0 Å². The Balaban J connectivity index is 2.67. The lowest BCUT2D eigenvalue weighted by atomic mass is 9.99. The zero-order valence-corrected chi connectivity index (χ0v) is 50.0. The molecule has 1 amide bonds. The first kappa shape index (κ1) is 73.3. The summed E-state index contributed by atoms with van der Waals surface area (Å²) in [6, 6.07) is -1.05. The molecular weight excluding hydrogens is 991 g/mol. The lowest BCUT2D eigenvalue weighted by Gasteiger charge is -2.41. The molecule has 6 N–H and O–H groups in total. The second-order valence-electron chi connectivity index (χ2n) is 21.5. The Bertz CT molecular complexity index is 1700. The highest BCUT2D eigenvalue weighted by molar-refractivity contribution is 5.80. The highest BCUT2D eigenvalue weighted by atomic mass is 16.7. The number of allylic oxidation sites excluding steroid dienone is 17. The topological polar surface area (TPSA) is 175 Å². The summed E-state index contributed by atoms with van der Waals surface area (Å²) < 4.78 is 17.6. The average molecular weight is 1110 g/mol. The lowest BCUT2D eigenvalue weighted by molar-refractivity contribution is -0.305. The summed E-state index contributed by atoms with van der Waals surface area (Å²) in [5.74, 6) is -1.25. The van der Waals surface area contributed by atoms with Crippen molar-refractivity contribution < 1.29 is 49.3 Å². The molecule has 0 aromatic rings. The van der Waals surface area contributed by atoms with E-state index in [1.54, 1.807) is 6.08 Å². The highest BCUT2D eigenvalue weighted by Crippen LogP contribution is 2.26. The smallest absolute Gasteiger partial charge is 0.306 e. The predicted octanol–water partition coefficient (Wildman–Crippen LogP) is 15.3. The lowest BCUT2D eigenvalue weighted by Crippen LogP contribution is -2.61. The van der Waals surface area contributed by atoms with Crippen molar-refractivity contribution in [1.29, 1.82) is 0 Å². The Morgan fingerprint density at radius 2 is 0.962 bits per heavy atom. The molecule has 1 heterocycles. The number of rotatable bonds is 52. The number of aliphatic hydroxyl groups is 5. The monoisotopic (exact) mass is 1110 g/mol. The Morgan fingerprint density at radius 3 is 1.51 bits per heavy atom. The predicted molar refractivity (Wildman–Crippen MR) is 328 cm³/mol. The van der Waals surface area contributed by atoms with Gasteiger partial charge in [0.2, 0.25) is 5.91 Å². The van der Waals surface area contributed by atoms with Gasteiger partial charge in [-0.2, -0.15) is 0 Å². The van der Waals surface area contributed by atoms with Crippen LogP contribution in [0.25, 0.3) is 0 Å². The quantitative estimate of drug-likeness (QED) is 0.0149. The Kier molecular flexibility index (Phi) is 50.9. The van der Waals surface area contributed by atoms with E-state index in [2.05, 4.69) is 68.6 Å². The number of hydrogen-bond donors (Lipinski definition) is 6. The number of carbonyl (C=O) groups is 2. The molecular formula is C68H115NO10. The van der Waals surface area contributed by atoms with Gasteiger partial charge in [-0.15, -0.1) is 0 Å². The maximum atomic E-state index is 13.4. The molecule has 1 rings (SSSR count). The van der Waals surface area contributed by atoms with Crippen molar-refractivity contribution in [3.05, 3.63) is 109 Å². The van der Waals surface area contributed by atoms with Crippen LogP contribution >= 0.6 is 0 Å².